The van der Waals surface area contributed by atoms with Crippen LogP contribution in [0, 0.1) is 0 Å². The molecule has 12 heteroatoms. The van der Waals surface area contributed by atoms with E-state index >= 15 is 0 Å². The van der Waals surface area contributed by atoms with Crippen LogP contribution in [-0.4, -0.2) is 49.0 Å². The first-order valence-corrected chi connectivity index (χ1v) is 12.5. The van der Waals surface area contributed by atoms with Gasteiger partial charge in [-0.05, 0) is 56.3 Å². The van der Waals surface area contributed by atoms with Gasteiger partial charge in [0.2, 0.25) is 20.0 Å². The van der Waals surface area contributed by atoms with E-state index in [2.05, 4.69) is 14.8 Å². The summed E-state index contributed by atoms with van der Waals surface area (Å²) in [6, 6.07) is 9.31. The lowest BCUT2D eigenvalue weighted by atomic mass is 10.2. The lowest BCUT2D eigenvalue weighted by Gasteiger charge is -2.12. The van der Waals surface area contributed by atoms with Gasteiger partial charge >= 0.3 is 0 Å². The molecule has 1 amide bonds. The van der Waals surface area contributed by atoms with E-state index < -0.39 is 26.0 Å². The maximum Gasteiger partial charge on any atom is 0.252 e. The number of ether oxygens (including phenoxy) is 1. The summed E-state index contributed by atoms with van der Waals surface area (Å²) >= 11 is 6.04. The highest BCUT2D eigenvalue weighted by molar-refractivity contribution is 7.89. The molecule has 3 N–H and O–H groups in total. The Balaban J connectivity index is 2.00. The lowest BCUT2D eigenvalue weighted by Crippen LogP contribution is -2.35. The number of rotatable bonds is 10. The average molecular weight is 490 g/mol. The van der Waals surface area contributed by atoms with E-state index in [0.717, 1.165) is 0 Å². The minimum absolute atomic E-state index is 0.0358. The highest BCUT2D eigenvalue weighted by Gasteiger charge is 2.20. The van der Waals surface area contributed by atoms with Gasteiger partial charge in [0.25, 0.3) is 5.91 Å². The Hall–Kier alpha value is -2.18. The van der Waals surface area contributed by atoms with Gasteiger partial charge in [-0.3, -0.25) is 4.79 Å². The SMILES string of the molecule is COc1ccc(S(=O)(=O)NCCNC(=O)c2cc(S(=O)(=O)NC(C)C)ccc2Cl)cc1. The van der Waals surface area contributed by atoms with Gasteiger partial charge in [0.05, 0.1) is 27.5 Å². The molecule has 0 bridgehead atoms. The van der Waals surface area contributed by atoms with Crippen molar-refractivity contribution < 1.29 is 26.4 Å². The van der Waals surface area contributed by atoms with Crippen LogP contribution < -0.4 is 19.5 Å². The van der Waals surface area contributed by atoms with Crippen molar-refractivity contribution in [3.8, 4) is 5.75 Å². The fourth-order valence-corrected chi connectivity index (χ4v) is 5.03. The van der Waals surface area contributed by atoms with Crippen LogP contribution in [0.2, 0.25) is 5.02 Å². The molecule has 0 aliphatic rings. The molecular weight excluding hydrogens is 466 g/mol. The van der Waals surface area contributed by atoms with E-state index in [0.29, 0.717) is 5.75 Å². The summed E-state index contributed by atoms with van der Waals surface area (Å²) in [5.41, 5.74) is -0.0358. The number of methoxy groups -OCH3 is 1. The number of hydrogen-bond donors (Lipinski definition) is 3. The molecule has 2 rings (SSSR count). The standard InChI is InChI=1S/C19H24ClN3O6S2/c1-13(2)23-31(27,28)16-8-9-18(20)17(12-16)19(24)21-10-11-22-30(25,26)15-6-4-14(29-3)5-7-15/h4-9,12-13,22-23H,10-11H2,1-3H3,(H,21,24). The number of benzene rings is 2. The maximum atomic E-state index is 12.4. The van der Waals surface area contributed by atoms with Crippen LogP contribution in [0.3, 0.4) is 0 Å². The Bertz CT molecular complexity index is 1130. The average Bonchev–Trinajstić information content (AvgIpc) is 2.70. The molecule has 0 heterocycles. The first-order valence-electron chi connectivity index (χ1n) is 9.20. The summed E-state index contributed by atoms with van der Waals surface area (Å²) in [5.74, 6) is -0.105. The van der Waals surface area contributed by atoms with E-state index in [1.165, 1.54) is 49.6 Å². The molecule has 0 fully saturated rings. The van der Waals surface area contributed by atoms with Crippen molar-refractivity contribution >= 4 is 37.6 Å². The molecule has 0 spiro atoms. The predicted molar refractivity (Wildman–Crippen MR) is 117 cm³/mol. The third-order valence-electron chi connectivity index (χ3n) is 3.96. The molecule has 0 atom stereocenters. The fourth-order valence-electron chi connectivity index (χ4n) is 2.52. The van der Waals surface area contributed by atoms with Gasteiger partial charge in [0, 0.05) is 19.1 Å². The third kappa shape index (κ3) is 6.91. The summed E-state index contributed by atoms with van der Waals surface area (Å²) in [7, 11) is -6.09. The normalized spacial score (nSPS) is 12.0. The largest absolute Gasteiger partial charge is 0.497 e. The topological polar surface area (TPSA) is 131 Å². The Morgan fingerprint density at radius 2 is 1.58 bits per heavy atom. The minimum Gasteiger partial charge on any atom is -0.497 e. The second-order valence-electron chi connectivity index (χ2n) is 6.75. The van der Waals surface area contributed by atoms with E-state index in [4.69, 9.17) is 16.3 Å². The van der Waals surface area contributed by atoms with Crippen molar-refractivity contribution in [2.45, 2.75) is 29.7 Å². The molecule has 2 aromatic carbocycles. The zero-order valence-corrected chi connectivity index (χ0v) is 19.6. The van der Waals surface area contributed by atoms with Crippen LogP contribution in [0.1, 0.15) is 24.2 Å². The van der Waals surface area contributed by atoms with E-state index in [-0.39, 0.29) is 39.5 Å². The van der Waals surface area contributed by atoms with Gasteiger partial charge in [-0.2, -0.15) is 0 Å². The predicted octanol–water partition coefficient (Wildman–Crippen LogP) is 1.74. The molecule has 0 unspecified atom stereocenters. The molecule has 31 heavy (non-hydrogen) atoms. The Morgan fingerprint density at radius 3 is 2.16 bits per heavy atom. The second-order valence-corrected chi connectivity index (χ2v) is 10.6. The van der Waals surface area contributed by atoms with E-state index in [1.54, 1.807) is 13.8 Å². The Morgan fingerprint density at radius 1 is 0.968 bits per heavy atom. The molecule has 0 aromatic heterocycles. The first kappa shape index (κ1) is 25.1. The van der Waals surface area contributed by atoms with Crippen molar-refractivity contribution in [1.82, 2.24) is 14.8 Å². The third-order valence-corrected chi connectivity index (χ3v) is 7.42. The van der Waals surface area contributed by atoms with Crippen molar-refractivity contribution in [3.05, 3.63) is 53.1 Å². The fraction of sp³-hybridized carbons (Fsp3) is 0.316. The number of amides is 1. The summed E-state index contributed by atoms with van der Waals surface area (Å²) < 4.78 is 59.0. The Labute approximate surface area is 187 Å². The summed E-state index contributed by atoms with van der Waals surface area (Å²) in [6.07, 6.45) is 0. The van der Waals surface area contributed by atoms with Crippen LogP contribution in [0.25, 0.3) is 0 Å². The number of nitrogens with one attached hydrogen (secondary N) is 3. The van der Waals surface area contributed by atoms with Crippen LogP contribution in [0.4, 0.5) is 0 Å². The van der Waals surface area contributed by atoms with Crippen LogP contribution in [0.15, 0.2) is 52.3 Å². The van der Waals surface area contributed by atoms with Gasteiger partial charge in [-0.1, -0.05) is 11.6 Å². The number of halogens is 1. The first-order chi connectivity index (χ1) is 14.5. The quantitative estimate of drug-likeness (QED) is 0.436. The van der Waals surface area contributed by atoms with Gasteiger partial charge in [-0.15, -0.1) is 0 Å². The van der Waals surface area contributed by atoms with E-state index in [9.17, 15) is 21.6 Å². The van der Waals surface area contributed by atoms with Gasteiger partial charge < -0.3 is 10.1 Å². The Kier molecular flexibility index (Phi) is 8.43. The highest BCUT2D eigenvalue weighted by atomic mass is 35.5. The summed E-state index contributed by atoms with van der Waals surface area (Å²) in [6.45, 7) is 3.23. The van der Waals surface area contributed by atoms with Crippen molar-refractivity contribution in [3.63, 3.8) is 0 Å². The number of sulfonamides is 2. The highest BCUT2D eigenvalue weighted by Crippen LogP contribution is 2.21. The number of carbonyl (C=O) groups is 1. The number of carbonyl (C=O) groups excluding carboxylic acids is 1. The molecule has 0 aliphatic carbocycles. The van der Waals surface area contributed by atoms with Gasteiger partial charge in [0.15, 0.2) is 0 Å². The number of hydrogen-bond acceptors (Lipinski definition) is 6. The van der Waals surface area contributed by atoms with Crippen molar-refractivity contribution in [2.75, 3.05) is 20.2 Å². The minimum atomic E-state index is -3.80. The zero-order valence-electron chi connectivity index (χ0n) is 17.2. The van der Waals surface area contributed by atoms with E-state index in [1.807, 2.05) is 0 Å². The molecule has 0 saturated heterocycles. The molecule has 0 aliphatic heterocycles. The molecule has 0 saturated carbocycles. The monoisotopic (exact) mass is 489 g/mol. The maximum absolute atomic E-state index is 12.4. The molecule has 2 aromatic rings. The van der Waals surface area contributed by atoms with Gasteiger partial charge in [-0.25, -0.2) is 26.3 Å². The van der Waals surface area contributed by atoms with Crippen LogP contribution in [0.5, 0.6) is 5.75 Å². The molecular formula is C19H24ClN3O6S2. The lowest BCUT2D eigenvalue weighted by molar-refractivity contribution is 0.0954. The summed E-state index contributed by atoms with van der Waals surface area (Å²) in [4.78, 5) is 12.4. The molecule has 9 nitrogen and oxygen atoms in total. The second kappa shape index (κ2) is 10.4. The van der Waals surface area contributed by atoms with Crippen LogP contribution >= 0.6 is 11.6 Å². The molecule has 0 radical (unpaired) electrons. The van der Waals surface area contributed by atoms with Crippen molar-refractivity contribution in [1.29, 1.82) is 0 Å². The van der Waals surface area contributed by atoms with Crippen LogP contribution in [-0.2, 0) is 20.0 Å². The smallest absolute Gasteiger partial charge is 0.252 e. The van der Waals surface area contributed by atoms with Gasteiger partial charge in [0.1, 0.15) is 5.75 Å². The van der Waals surface area contributed by atoms with Crippen molar-refractivity contribution in [2.24, 2.45) is 0 Å². The summed E-state index contributed by atoms with van der Waals surface area (Å²) in [5, 5.41) is 2.59. The zero-order chi connectivity index (χ0) is 23.2. The molecule has 170 valence electrons.